The van der Waals surface area contributed by atoms with Gasteiger partial charge in [-0.25, -0.2) is 0 Å². The van der Waals surface area contributed by atoms with Gasteiger partial charge >= 0.3 is 0 Å². The minimum absolute atomic E-state index is 0.173. The highest BCUT2D eigenvalue weighted by Gasteiger charge is 2.10. The highest BCUT2D eigenvalue weighted by atomic mass is 35.5. The molecule has 0 amide bonds. The van der Waals surface area contributed by atoms with Crippen LogP contribution in [-0.4, -0.2) is 10.8 Å². The second-order valence-corrected chi connectivity index (χ2v) is 5.11. The Morgan fingerprint density at radius 1 is 1.28 bits per heavy atom. The number of benzene rings is 1. The van der Waals surface area contributed by atoms with E-state index in [-0.39, 0.29) is 5.84 Å². The van der Waals surface area contributed by atoms with Crippen LogP contribution in [0.5, 0.6) is 0 Å². The van der Waals surface area contributed by atoms with Gasteiger partial charge < -0.3 is 5.73 Å². The molecule has 0 aliphatic rings. The summed E-state index contributed by atoms with van der Waals surface area (Å²) in [7, 11) is 0. The molecule has 1 aromatic heterocycles. The molecule has 0 radical (unpaired) electrons. The summed E-state index contributed by atoms with van der Waals surface area (Å²) in [6.45, 7) is 0. The number of nitrogens with zero attached hydrogens (tertiary/aromatic N) is 2. The SMILES string of the molecule is N/C(=N/Cl)c1ncc(Cl)cc1Sc1ccccc1. The zero-order valence-corrected chi connectivity index (χ0v) is 11.5. The lowest BCUT2D eigenvalue weighted by molar-refractivity contribution is 1.19. The Labute approximate surface area is 119 Å². The Hall–Kier alpha value is -1.23. The third-order valence-electron chi connectivity index (χ3n) is 2.12. The number of halogens is 2. The van der Waals surface area contributed by atoms with E-state index in [2.05, 4.69) is 9.50 Å². The fraction of sp³-hybridized carbons (Fsp3) is 0. The van der Waals surface area contributed by atoms with Crippen molar-refractivity contribution < 1.29 is 0 Å². The molecule has 0 saturated heterocycles. The monoisotopic (exact) mass is 297 g/mol. The molecule has 0 spiro atoms. The second kappa shape index (κ2) is 6.09. The molecule has 0 atom stereocenters. The molecule has 2 N–H and O–H groups in total. The van der Waals surface area contributed by atoms with Crippen LogP contribution in [0.3, 0.4) is 0 Å². The number of aromatic nitrogens is 1. The lowest BCUT2D eigenvalue weighted by atomic mass is 10.3. The molecule has 2 aromatic rings. The van der Waals surface area contributed by atoms with Crippen LogP contribution in [0, 0.1) is 0 Å². The molecular weight excluding hydrogens is 289 g/mol. The van der Waals surface area contributed by atoms with Crippen LogP contribution in [0.1, 0.15) is 5.69 Å². The first-order valence-corrected chi connectivity index (χ1v) is 6.57. The summed E-state index contributed by atoms with van der Waals surface area (Å²) in [6, 6.07) is 11.6. The minimum Gasteiger partial charge on any atom is -0.381 e. The fourth-order valence-electron chi connectivity index (χ4n) is 1.35. The second-order valence-electron chi connectivity index (χ2n) is 3.39. The van der Waals surface area contributed by atoms with E-state index in [0.717, 1.165) is 9.79 Å². The van der Waals surface area contributed by atoms with Crippen molar-refractivity contribution in [3.63, 3.8) is 0 Å². The lowest BCUT2D eigenvalue weighted by Gasteiger charge is -2.07. The van der Waals surface area contributed by atoms with E-state index in [4.69, 9.17) is 29.1 Å². The van der Waals surface area contributed by atoms with Gasteiger partial charge in [0.1, 0.15) is 5.69 Å². The summed E-state index contributed by atoms with van der Waals surface area (Å²) in [4.78, 5) is 6.03. The minimum atomic E-state index is 0.173. The molecule has 18 heavy (non-hydrogen) atoms. The molecule has 2 rings (SSSR count). The molecule has 0 unspecified atom stereocenters. The van der Waals surface area contributed by atoms with Gasteiger partial charge in [-0.3, -0.25) is 4.98 Å². The summed E-state index contributed by atoms with van der Waals surface area (Å²) in [6.07, 6.45) is 1.51. The van der Waals surface area contributed by atoms with E-state index >= 15 is 0 Å². The van der Waals surface area contributed by atoms with Gasteiger partial charge in [-0.05, 0) is 18.2 Å². The van der Waals surface area contributed by atoms with Gasteiger partial charge in [0.2, 0.25) is 0 Å². The van der Waals surface area contributed by atoms with Crippen molar-refractivity contribution in [3.8, 4) is 0 Å². The zero-order valence-electron chi connectivity index (χ0n) is 9.18. The van der Waals surface area contributed by atoms with Crippen molar-refractivity contribution in [2.24, 2.45) is 10.2 Å². The predicted octanol–water partition coefficient (Wildman–Crippen LogP) is 3.75. The maximum absolute atomic E-state index is 5.94. The molecule has 1 aromatic carbocycles. The third-order valence-corrected chi connectivity index (χ3v) is 3.55. The standard InChI is InChI=1S/C12H9Cl2N3S/c13-8-6-10(11(16-7-8)12(15)17-14)18-9-4-2-1-3-5-9/h1-7H,(H2,15,17). The Kier molecular flexibility index (Phi) is 4.47. The molecule has 0 aliphatic heterocycles. The molecule has 92 valence electrons. The number of rotatable bonds is 3. The smallest absolute Gasteiger partial charge is 0.165 e. The lowest BCUT2D eigenvalue weighted by Crippen LogP contribution is -2.15. The van der Waals surface area contributed by atoms with E-state index in [1.807, 2.05) is 30.3 Å². The summed E-state index contributed by atoms with van der Waals surface area (Å²) >= 11 is 12.8. The Balaban J connectivity index is 2.40. The van der Waals surface area contributed by atoms with Crippen molar-refractivity contribution in [1.82, 2.24) is 4.98 Å². The maximum Gasteiger partial charge on any atom is 0.165 e. The average molecular weight is 298 g/mol. The van der Waals surface area contributed by atoms with Gasteiger partial charge in [0.05, 0.1) is 5.02 Å². The van der Waals surface area contributed by atoms with Crippen LogP contribution in [0.25, 0.3) is 0 Å². The largest absolute Gasteiger partial charge is 0.381 e. The first-order valence-electron chi connectivity index (χ1n) is 5.04. The van der Waals surface area contributed by atoms with Crippen LogP contribution in [0.2, 0.25) is 5.02 Å². The van der Waals surface area contributed by atoms with E-state index in [0.29, 0.717) is 10.7 Å². The van der Waals surface area contributed by atoms with Gasteiger partial charge in [0, 0.05) is 27.8 Å². The summed E-state index contributed by atoms with van der Waals surface area (Å²) in [5, 5.41) is 0.541. The number of hydrogen-bond donors (Lipinski definition) is 1. The first kappa shape index (κ1) is 13.2. The fourth-order valence-corrected chi connectivity index (χ4v) is 2.64. The summed E-state index contributed by atoms with van der Waals surface area (Å²) in [5.41, 5.74) is 6.23. The van der Waals surface area contributed by atoms with Gasteiger partial charge in [-0.15, -0.1) is 0 Å². The Morgan fingerprint density at radius 2 is 2.00 bits per heavy atom. The van der Waals surface area contributed by atoms with Crippen molar-refractivity contribution in [3.05, 3.63) is 53.3 Å². The molecule has 0 saturated carbocycles. The van der Waals surface area contributed by atoms with Gasteiger partial charge in [0.25, 0.3) is 0 Å². The van der Waals surface area contributed by atoms with E-state index in [1.54, 1.807) is 6.07 Å². The van der Waals surface area contributed by atoms with Gasteiger partial charge in [-0.1, -0.05) is 41.6 Å². The third kappa shape index (κ3) is 3.16. The van der Waals surface area contributed by atoms with Crippen molar-refractivity contribution in [2.45, 2.75) is 9.79 Å². The highest BCUT2D eigenvalue weighted by molar-refractivity contribution is 7.99. The number of pyridine rings is 1. The molecule has 1 heterocycles. The van der Waals surface area contributed by atoms with E-state index < -0.39 is 0 Å². The molecule has 3 nitrogen and oxygen atoms in total. The Morgan fingerprint density at radius 3 is 2.67 bits per heavy atom. The van der Waals surface area contributed by atoms with E-state index in [9.17, 15) is 0 Å². The molecule has 0 bridgehead atoms. The number of nitrogens with two attached hydrogens (primary N) is 1. The molecule has 0 fully saturated rings. The van der Waals surface area contributed by atoms with Crippen LogP contribution < -0.4 is 5.73 Å². The quantitative estimate of drug-likeness (QED) is 0.693. The predicted molar refractivity (Wildman–Crippen MR) is 76.4 cm³/mol. The van der Waals surface area contributed by atoms with E-state index in [1.165, 1.54) is 18.0 Å². The molecular formula is C12H9Cl2N3S. The summed E-state index contributed by atoms with van der Waals surface area (Å²) in [5.74, 6) is 0.173. The van der Waals surface area contributed by atoms with Crippen molar-refractivity contribution in [1.29, 1.82) is 0 Å². The van der Waals surface area contributed by atoms with Gasteiger partial charge in [0.15, 0.2) is 5.84 Å². The van der Waals surface area contributed by atoms with Crippen LogP contribution in [-0.2, 0) is 0 Å². The van der Waals surface area contributed by atoms with Crippen molar-refractivity contribution >= 4 is 41.0 Å². The van der Waals surface area contributed by atoms with Crippen LogP contribution >= 0.6 is 35.1 Å². The van der Waals surface area contributed by atoms with Crippen LogP contribution in [0.4, 0.5) is 0 Å². The topological polar surface area (TPSA) is 51.3 Å². The Bertz CT molecular complexity index is 573. The zero-order chi connectivity index (χ0) is 13.0. The number of amidine groups is 1. The van der Waals surface area contributed by atoms with Crippen molar-refractivity contribution in [2.75, 3.05) is 0 Å². The maximum atomic E-state index is 5.94. The molecule has 0 aliphatic carbocycles. The van der Waals surface area contributed by atoms with Crippen LogP contribution in [0.15, 0.2) is 56.9 Å². The normalized spacial score (nSPS) is 11.6. The average Bonchev–Trinajstić information content (AvgIpc) is 2.39. The number of hydrogen-bond acceptors (Lipinski definition) is 3. The highest BCUT2D eigenvalue weighted by Crippen LogP contribution is 2.31. The van der Waals surface area contributed by atoms with Gasteiger partial charge in [-0.2, -0.15) is 4.51 Å². The first-order chi connectivity index (χ1) is 8.70. The molecule has 6 heteroatoms. The summed E-state index contributed by atoms with van der Waals surface area (Å²) < 4.78 is 3.44.